The number of amides is 2. The van der Waals surface area contributed by atoms with Crippen LogP contribution in [0.4, 0.5) is 11.4 Å². The second kappa shape index (κ2) is 12.5. The van der Waals surface area contributed by atoms with Crippen molar-refractivity contribution in [2.24, 2.45) is 0 Å². The van der Waals surface area contributed by atoms with Crippen LogP contribution in [0.3, 0.4) is 0 Å². The van der Waals surface area contributed by atoms with Crippen LogP contribution < -0.4 is 10.6 Å². The Labute approximate surface area is 245 Å². The second-order valence-corrected chi connectivity index (χ2v) is 10.9. The standard InChI is InChI=1S/C24H15Cl5N2O6S/c1-9(21(32)31-14-7-10(23(34)35)5-6-13(14)25)38-12-4-2-3-11(8-12)30-22(33)15-16(24(36)37)18(27)20(29)19(28)17(15)26/h2-9H,1H3,(H,30,33)(H,31,32)(H,34,35)(H,36,37). The van der Waals surface area contributed by atoms with E-state index in [-0.39, 0.29) is 37.0 Å². The molecule has 0 aliphatic carbocycles. The minimum atomic E-state index is -1.53. The average Bonchev–Trinajstić information content (AvgIpc) is 2.85. The number of carbonyl (C=O) groups is 4. The molecule has 14 heteroatoms. The van der Waals surface area contributed by atoms with E-state index in [4.69, 9.17) is 63.1 Å². The third-order valence-corrected chi connectivity index (χ3v) is 8.18. The fraction of sp³-hybridized carbons (Fsp3) is 0.0833. The number of rotatable bonds is 8. The highest BCUT2D eigenvalue weighted by molar-refractivity contribution is 8.00. The third-order valence-electron chi connectivity index (χ3n) is 4.95. The normalized spacial score (nSPS) is 11.5. The number of hydrogen-bond donors (Lipinski definition) is 4. The molecule has 0 heterocycles. The molecule has 0 bridgehead atoms. The monoisotopic (exact) mass is 634 g/mol. The van der Waals surface area contributed by atoms with E-state index in [9.17, 15) is 24.3 Å². The van der Waals surface area contributed by atoms with Crippen LogP contribution in [0.2, 0.25) is 25.1 Å². The molecular formula is C24H15Cl5N2O6S. The van der Waals surface area contributed by atoms with Crippen molar-refractivity contribution < 1.29 is 29.4 Å². The fourth-order valence-corrected chi connectivity index (χ4v) is 5.24. The largest absolute Gasteiger partial charge is 0.478 e. The van der Waals surface area contributed by atoms with Crippen LogP contribution in [0.1, 0.15) is 38.0 Å². The third kappa shape index (κ3) is 6.66. The molecule has 0 saturated heterocycles. The molecule has 8 nitrogen and oxygen atoms in total. The van der Waals surface area contributed by atoms with Gasteiger partial charge in [0.05, 0.1) is 52.7 Å². The number of carbonyl (C=O) groups excluding carboxylic acids is 2. The molecule has 0 fully saturated rings. The summed E-state index contributed by atoms with van der Waals surface area (Å²) in [7, 11) is 0. The lowest BCUT2D eigenvalue weighted by molar-refractivity contribution is -0.115. The van der Waals surface area contributed by atoms with Crippen LogP contribution in [0, 0.1) is 0 Å². The van der Waals surface area contributed by atoms with Crippen molar-refractivity contribution in [3.63, 3.8) is 0 Å². The van der Waals surface area contributed by atoms with Gasteiger partial charge >= 0.3 is 11.9 Å². The van der Waals surface area contributed by atoms with E-state index in [1.807, 2.05) is 0 Å². The first kappa shape index (κ1) is 29.9. The van der Waals surface area contributed by atoms with Gasteiger partial charge in [0, 0.05) is 10.6 Å². The molecule has 0 aliphatic heterocycles. The number of benzene rings is 3. The number of nitrogens with one attached hydrogen (secondary N) is 2. The Morgan fingerprint density at radius 1 is 0.789 bits per heavy atom. The molecule has 3 aromatic rings. The molecule has 1 atom stereocenters. The van der Waals surface area contributed by atoms with Crippen LogP contribution >= 0.6 is 69.8 Å². The predicted molar refractivity (Wildman–Crippen MR) is 150 cm³/mol. The molecule has 198 valence electrons. The van der Waals surface area contributed by atoms with Gasteiger partial charge in [0.25, 0.3) is 5.91 Å². The van der Waals surface area contributed by atoms with Crippen molar-refractivity contribution in [2.45, 2.75) is 17.1 Å². The van der Waals surface area contributed by atoms with E-state index in [1.165, 1.54) is 24.3 Å². The van der Waals surface area contributed by atoms with E-state index in [2.05, 4.69) is 10.6 Å². The zero-order valence-corrected chi connectivity index (χ0v) is 23.5. The number of thioether (sulfide) groups is 1. The number of carboxylic acid groups (broad SMARTS) is 2. The lowest BCUT2D eigenvalue weighted by atomic mass is 10.1. The highest BCUT2D eigenvalue weighted by atomic mass is 35.5. The summed E-state index contributed by atoms with van der Waals surface area (Å²) in [4.78, 5) is 49.2. The van der Waals surface area contributed by atoms with Crippen molar-refractivity contribution in [2.75, 3.05) is 10.6 Å². The number of carboxylic acids is 2. The lowest BCUT2D eigenvalue weighted by Crippen LogP contribution is -2.22. The molecule has 3 aromatic carbocycles. The topological polar surface area (TPSA) is 133 Å². The van der Waals surface area contributed by atoms with Gasteiger partial charge in [-0.1, -0.05) is 64.1 Å². The van der Waals surface area contributed by atoms with Crippen molar-refractivity contribution in [1.29, 1.82) is 0 Å². The summed E-state index contributed by atoms with van der Waals surface area (Å²) in [6, 6.07) is 10.3. The highest BCUT2D eigenvalue weighted by Gasteiger charge is 2.29. The first-order valence-electron chi connectivity index (χ1n) is 10.3. The second-order valence-electron chi connectivity index (χ2n) is 7.54. The highest BCUT2D eigenvalue weighted by Crippen LogP contribution is 2.42. The van der Waals surface area contributed by atoms with Crippen LogP contribution in [0.15, 0.2) is 47.4 Å². The molecule has 1 unspecified atom stereocenters. The molecule has 2 amide bonds. The maximum Gasteiger partial charge on any atom is 0.338 e. The van der Waals surface area contributed by atoms with E-state index < -0.39 is 45.2 Å². The molecular weight excluding hydrogens is 622 g/mol. The van der Waals surface area contributed by atoms with Gasteiger partial charge in [0.15, 0.2) is 0 Å². The van der Waals surface area contributed by atoms with Crippen molar-refractivity contribution in [3.8, 4) is 0 Å². The van der Waals surface area contributed by atoms with Gasteiger partial charge in [-0.2, -0.15) is 0 Å². The Bertz CT molecular complexity index is 1480. The Balaban J connectivity index is 1.79. The van der Waals surface area contributed by atoms with Crippen molar-refractivity contribution in [3.05, 3.63) is 84.3 Å². The minimum absolute atomic E-state index is 0.0390. The first-order chi connectivity index (χ1) is 17.8. The summed E-state index contributed by atoms with van der Waals surface area (Å²) in [5.41, 5.74) is -0.700. The fourth-order valence-electron chi connectivity index (χ4n) is 3.13. The van der Waals surface area contributed by atoms with Gasteiger partial charge in [0.2, 0.25) is 5.91 Å². The summed E-state index contributed by atoms with van der Waals surface area (Å²) < 4.78 is 0. The molecule has 0 saturated carbocycles. The van der Waals surface area contributed by atoms with Gasteiger partial charge < -0.3 is 20.8 Å². The summed E-state index contributed by atoms with van der Waals surface area (Å²) >= 11 is 31.3. The van der Waals surface area contributed by atoms with Crippen LogP contribution in [-0.4, -0.2) is 39.2 Å². The van der Waals surface area contributed by atoms with Gasteiger partial charge in [0.1, 0.15) is 0 Å². The van der Waals surface area contributed by atoms with Gasteiger partial charge in [-0.3, -0.25) is 9.59 Å². The predicted octanol–water partition coefficient (Wildman–Crippen LogP) is 7.72. The Hall–Kier alpha value is -2.66. The van der Waals surface area contributed by atoms with Crippen LogP contribution in [0.25, 0.3) is 0 Å². The summed E-state index contributed by atoms with van der Waals surface area (Å²) in [6.45, 7) is 1.62. The Morgan fingerprint density at radius 3 is 2.03 bits per heavy atom. The van der Waals surface area contributed by atoms with Gasteiger partial charge in [-0.25, -0.2) is 9.59 Å². The quantitative estimate of drug-likeness (QED) is 0.113. The minimum Gasteiger partial charge on any atom is -0.478 e. The van der Waals surface area contributed by atoms with Crippen LogP contribution in [0.5, 0.6) is 0 Å². The SMILES string of the molecule is CC(Sc1cccc(NC(=O)c2c(Cl)c(Cl)c(Cl)c(Cl)c2C(=O)O)c1)C(=O)Nc1cc(C(=O)O)ccc1Cl. The molecule has 0 radical (unpaired) electrons. The summed E-state index contributed by atoms with van der Waals surface area (Å²) in [5, 5.41) is 22.0. The average molecular weight is 637 g/mol. The first-order valence-corrected chi connectivity index (χ1v) is 13.1. The Morgan fingerprint density at radius 2 is 1.42 bits per heavy atom. The van der Waals surface area contributed by atoms with Crippen molar-refractivity contribution in [1.82, 2.24) is 0 Å². The maximum atomic E-state index is 13.0. The van der Waals surface area contributed by atoms with E-state index in [0.717, 1.165) is 11.8 Å². The Kier molecular flexibility index (Phi) is 9.80. The van der Waals surface area contributed by atoms with E-state index >= 15 is 0 Å². The number of halogens is 5. The molecule has 0 aliphatic rings. The zero-order chi connectivity index (χ0) is 28.3. The van der Waals surface area contributed by atoms with Crippen molar-refractivity contribution >= 4 is 105 Å². The zero-order valence-electron chi connectivity index (χ0n) is 18.9. The molecule has 0 spiro atoms. The van der Waals surface area contributed by atoms with E-state index in [1.54, 1.807) is 25.1 Å². The molecule has 3 rings (SSSR count). The van der Waals surface area contributed by atoms with Gasteiger partial charge in [-0.05, 0) is 43.3 Å². The summed E-state index contributed by atoms with van der Waals surface area (Å²) in [6.07, 6.45) is 0. The van der Waals surface area contributed by atoms with E-state index in [0.29, 0.717) is 4.90 Å². The summed E-state index contributed by atoms with van der Waals surface area (Å²) in [5.74, 6) is -4.04. The molecule has 0 aromatic heterocycles. The molecule has 4 N–H and O–H groups in total. The van der Waals surface area contributed by atoms with Gasteiger partial charge in [-0.15, -0.1) is 11.8 Å². The lowest BCUT2D eigenvalue weighted by Gasteiger charge is -2.15. The number of anilines is 2. The van der Waals surface area contributed by atoms with Crippen LogP contribution in [-0.2, 0) is 4.79 Å². The number of hydrogen-bond acceptors (Lipinski definition) is 5. The number of aromatic carboxylic acids is 2. The smallest absolute Gasteiger partial charge is 0.338 e. The molecule has 38 heavy (non-hydrogen) atoms. The maximum absolute atomic E-state index is 13.0.